The highest BCUT2D eigenvalue weighted by Gasteiger charge is 2.38. The number of hydrogen-bond acceptors (Lipinski definition) is 2. The van der Waals surface area contributed by atoms with E-state index in [2.05, 4.69) is 292 Å². The van der Waals surface area contributed by atoms with Gasteiger partial charge in [0, 0.05) is 39.0 Å². The summed E-state index contributed by atoms with van der Waals surface area (Å²) in [4.78, 5) is 5.02. The van der Waals surface area contributed by atoms with Crippen LogP contribution in [0.2, 0.25) is 13.1 Å². The van der Waals surface area contributed by atoms with Crippen molar-refractivity contribution < 1.29 is 0 Å². The second-order valence-corrected chi connectivity index (χ2v) is 25.5. The van der Waals surface area contributed by atoms with E-state index in [0.717, 1.165) is 22.7 Å². The molecule has 1 aliphatic carbocycles. The topological polar surface area (TPSA) is 6.48 Å². The molecule has 0 aromatic heterocycles. The van der Waals surface area contributed by atoms with E-state index in [0.29, 0.717) is 0 Å². The first-order chi connectivity index (χ1) is 36.3. The van der Waals surface area contributed by atoms with Crippen molar-refractivity contribution in [3.8, 4) is 44.5 Å². The molecule has 12 aromatic rings. The van der Waals surface area contributed by atoms with Gasteiger partial charge in [0.15, 0.2) is 0 Å². The number of hydrogen-bond donors (Lipinski definition) is 0. The molecule has 1 aliphatic heterocycles. The first-order valence-corrected chi connectivity index (χ1v) is 29.0. The lowest BCUT2D eigenvalue weighted by molar-refractivity contribution is 0.660. The van der Waals surface area contributed by atoms with E-state index in [4.69, 9.17) is 0 Å². The molecule has 3 heteroatoms. The molecule has 2 aliphatic rings. The maximum Gasteiger partial charge on any atom is 0.113 e. The summed E-state index contributed by atoms with van der Waals surface area (Å²) < 4.78 is 0. The Morgan fingerprint density at radius 3 is 1.50 bits per heavy atom. The zero-order valence-corrected chi connectivity index (χ0v) is 43.1. The van der Waals surface area contributed by atoms with Crippen molar-refractivity contribution in [2.45, 2.75) is 32.4 Å². The maximum atomic E-state index is 2.56. The van der Waals surface area contributed by atoms with Crippen LogP contribution < -0.4 is 20.2 Å². The Kier molecular flexibility index (Phi) is 10.1. The van der Waals surface area contributed by atoms with Crippen LogP contribution in [0.1, 0.15) is 25.0 Å². The van der Waals surface area contributed by atoms with Crippen LogP contribution in [0.5, 0.6) is 0 Å². The zero-order valence-electron chi connectivity index (χ0n) is 42.1. The van der Waals surface area contributed by atoms with Crippen LogP contribution in [0, 0.1) is 0 Å². The summed E-state index contributed by atoms with van der Waals surface area (Å²) in [6, 6.07) is 95.2. The Labute approximate surface area is 435 Å². The molecule has 0 spiro atoms. The van der Waals surface area contributed by atoms with Gasteiger partial charge >= 0.3 is 0 Å². The van der Waals surface area contributed by atoms with Crippen molar-refractivity contribution in [2.24, 2.45) is 0 Å². The van der Waals surface area contributed by atoms with Crippen molar-refractivity contribution in [2.75, 3.05) is 9.80 Å². The fraction of sp³-hybridized carbons (Fsp3) is 0.0704. The van der Waals surface area contributed by atoms with Crippen molar-refractivity contribution in [3.63, 3.8) is 0 Å². The third kappa shape index (κ3) is 6.70. The molecule has 0 fully saturated rings. The fourth-order valence-electron chi connectivity index (χ4n) is 12.8. The Morgan fingerprint density at radius 1 is 0.297 bits per heavy atom. The van der Waals surface area contributed by atoms with E-state index in [1.54, 1.807) is 0 Å². The van der Waals surface area contributed by atoms with Crippen molar-refractivity contribution in [3.05, 3.63) is 266 Å². The molecule has 0 bridgehead atoms. The molecule has 0 atom stereocenters. The number of nitrogens with zero attached hydrogens (tertiary/aromatic N) is 2. The molecule has 74 heavy (non-hydrogen) atoms. The molecular formula is C71H54N2Si. The average Bonchev–Trinajstić information content (AvgIpc) is 3.70. The van der Waals surface area contributed by atoms with E-state index in [1.165, 1.54) is 110 Å². The van der Waals surface area contributed by atoms with Crippen LogP contribution in [0.25, 0.3) is 76.8 Å². The van der Waals surface area contributed by atoms with E-state index >= 15 is 0 Å². The first-order valence-electron chi connectivity index (χ1n) is 26.0. The summed E-state index contributed by atoms with van der Waals surface area (Å²) in [7, 11) is -2.33. The summed E-state index contributed by atoms with van der Waals surface area (Å²) in [6.07, 6.45) is 0. The molecule has 12 aromatic carbocycles. The lowest BCUT2D eigenvalue weighted by Crippen LogP contribution is -2.56. The van der Waals surface area contributed by atoms with Crippen LogP contribution in [0.3, 0.4) is 0 Å². The molecule has 0 saturated heterocycles. The third-order valence-corrected chi connectivity index (χ3v) is 19.9. The van der Waals surface area contributed by atoms with Crippen LogP contribution >= 0.6 is 0 Å². The SMILES string of the molecule is CC1(C)c2ccccc2-c2ccc(N(c3ccccc3-c3ccccc3)c3cc4c5cccc6c5c(cc4c4ccccc34)-c3ccc(N(c4ccccc4)c4ccccc4-c4ccccc4)cc3[Si]6(C)C)cc21. The van der Waals surface area contributed by atoms with E-state index < -0.39 is 8.07 Å². The minimum atomic E-state index is -2.33. The number of fused-ring (bicyclic) bond motifs is 9. The molecular weight excluding hydrogens is 909 g/mol. The largest absolute Gasteiger partial charge is 0.310 e. The predicted octanol–water partition coefficient (Wildman–Crippen LogP) is 18.5. The monoisotopic (exact) mass is 962 g/mol. The van der Waals surface area contributed by atoms with Gasteiger partial charge in [0.2, 0.25) is 0 Å². The Hall–Kier alpha value is -8.76. The van der Waals surface area contributed by atoms with Crippen molar-refractivity contribution in [1.29, 1.82) is 0 Å². The molecule has 0 N–H and O–H groups in total. The molecule has 1 heterocycles. The van der Waals surface area contributed by atoms with E-state index in [1.807, 2.05) is 0 Å². The summed E-state index contributed by atoms with van der Waals surface area (Å²) in [6.45, 7) is 9.89. The van der Waals surface area contributed by atoms with Crippen LogP contribution in [-0.2, 0) is 5.41 Å². The predicted molar refractivity (Wildman–Crippen MR) is 319 cm³/mol. The van der Waals surface area contributed by atoms with Crippen molar-refractivity contribution in [1.82, 2.24) is 0 Å². The molecule has 0 amide bonds. The molecule has 14 rings (SSSR count). The van der Waals surface area contributed by atoms with Gasteiger partial charge in [-0.25, -0.2) is 0 Å². The van der Waals surface area contributed by atoms with Crippen LogP contribution in [0.4, 0.5) is 34.1 Å². The molecule has 0 radical (unpaired) electrons. The van der Waals surface area contributed by atoms with Crippen LogP contribution in [0.15, 0.2) is 255 Å². The molecule has 352 valence electrons. The summed E-state index contributed by atoms with van der Waals surface area (Å²) in [5, 5.41) is 10.6. The minimum absolute atomic E-state index is 0.158. The van der Waals surface area contributed by atoms with Gasteiger partial charge in [0.25, 0.3) is 0 Å². The summed E-state index contributed by atoms with van der Waals surface area (Å²) >= 11 is 0. The van der Waals surface area contributed by atoms with E-state index in [-0.39, 0.29) is 5.41 Å². The molecule has 2 nitrogen and oxygen atoms in total. The Bertz CT molecular complexity index is 4200. The second kappa shape index (κ2) is 16.9. The zero-order chi connectivity index (χ0) is 49.7. The average molecular weight is 963 g/mol. The van der Waals surface area contributed by atoms with Gasteiger partial charge in [-0.1, -0.05) is 221 Å². The van der Waals surface area contributed by atoms with Gasteiger partial charge in [-0.05, 0) is 142 Å². The highest BCUT2D eigenvalue weighted by Crippen LogP contribution is 2.53. The van der Waals surface area contributed by atoms with Gasteiger partial charge in [-0.15, -0.1) is 0 Å². The van der Waals surface area contributed by atoms with Gasteiger partial charge in [0.05, 0.1) is 17.1 Å². The normalized spacial score (nSPS) is 13.6. The lowest BCUT2D eigenvalue weighted by atomic mass is 9.82. The fourth-order valence-corrected chi connectivity index (χ4v) is 15.9. The highest BCUT2D eigenvalue weighted by molar-refractivity contribution is 7.03. The molecule has 0 saturated carbocycles. The number of rotatable bonds is 8. The summed E-state index contributed by atoms with van der Waals surface area (Å²) in [5.74, 6) is 0. The van der Waals surface area contributed by atoms with Gasteiger partial charge < -0.3 is 9.80 Å². The number of para-hydroxylation sites is 3. The Morgan fingerprint density at radius 2 is 0.811 bits per heavy atom. The van der Waals surface area contributed by atoms with E-state index in [9.17, 15) is 0 Å². The van der Waals surface area contributed by atoms with Gasteiger partial charge in [-0.3, -0.25) is 0 Å². The maximum absolute atomic E-state index is 2.56. The number of anilines is 6. The minimum Gasteiger partial charge on any atom is -0.310 e. The standard InChI is InChI=1S/C71H54N2Si/c1-71(2)63-35-19-16-32-55(63)56-41-39-50(43-64(56)71)73(66-37-21-18-30-53(66)48-25-10-6-11-26-48)67-46-61-59-34-22-38-68-70(59)62(45-60(61)54-31-14-15-33-57(54)67)58-42-40-51(44-69(58)74(68,3)4)72(49-27-12-7-13-28-49)65-36-20-17-29-52(65)47-23-8-5-9-24-47/h5-46H,1-4H3. The van der Waals surface area contributed by atoms with Gasteiger partial charge in [-0.2, -0.15) is 0 Å². The second-order valence-electron chi connectivity index (χ2n) is 21.2. The van der Waals surface area contributed by atoms with Crippen molar-refractivity contribution >= 4 is 84.9 Å². The Balaban J connectivity index is 1.00. The highest BCUT2D eigenvalue weighted by atomic mass is 28.3. The van der Waals surface area contributed by atoms with Crippen LogP contribution in [-0.4, -0.2) is 8.07 Å². The number of benzene rings is 12. The lowest BCUT2D eigenvalue weighted by Gasteiger charge is -2.36. The molecule has 0 unspecified atom stereocenters. The van der Waals surface area contributed by atoms with Gasteiger partial charge in [0.1, 0.15) is 8.07 Å². The quantitative estimate of drug-likeness (QED) is 0.111. The smallest absolute Gasteiger partial charge is 0.113 e. The third-order valence-electron chi connectivity index (χ3n) is 16.4. The first kappa shape index (κ1) is 44.0. The summed E-state index contributed by atoms with van der Waals surface area (Å²) in [5.41, 5.74) is 19.6.